The maximum absolute atomic E-state index is 13.6. The summed E-state index contributed by atoms with van der Waals surface area (Å²) in [5.41, 5.74) is 0.792. The number of fused-ring (bicyclic) bond motifs is 1. The number of morpholine rings is 1. The van der Waals surface area contributed by atoms with Gasteiger partial charge in [-0.1, -0.05) is 69.1 Å². The largest absolute Gasteiger partial charge is 0.372 e. The number of thiocarbonyl (C=S) groups is 1. The number of aromatic nitrogens is 2. The second-order valence-corrected chi connectivity index (χ2v) is 11.0. The normalized spacial score (nSPS) is 22.1. The van der Waals surface area contributed by atoms with Crippen molar-refractivity contribution in [1.29, 1.82) is 0 Å². The zero-order chi connectivity index (χ0) is 24.9. The van der Waals surface area contributed by atoms with E-state index in [9.17, 15) is 9.59 Å². The highest BCUT2D eigenvalue weighted by molar-refractivity contribution is 8.26. The molecular weight excluding hydrogens is 480 g/mol. The Morgan fingerprint density at radius 1 is 1.11 bits per heavy atom. The Kier molecular flexibility index (Phi) is 8.62. The van der Waals surface area contributed by atoms with E-state index in [4.69, 9.17) is 21.9 Å². The molecule has 2 fully saturated rings. The van der Waals surface area contributed by atoms with Crippen LogP contribution in [0.15, 0.2) is 34.1 Å². The molecule has 35 heavy (non-hydrogen) atoms. The molecule has 0 radical (unpaired) electrons. The molecule has 2 aromatic rings. The lowest BCUT2D eigenvalue weighted by molar-refractivity contribution is -0.122. The van der Waals surface area contributed by atoms with Gasteiger partial charge in [0, 0.05) is 25.8 Å². The van der Waals surface area contributed by atoms with Crippen LogP contribution in [0.2, 0.25) is 0 Å². The molecule has 0 aliphatic carbocycles. The Balaban J connectivity index is 1.63. The molecule has 0 spiro atoms. The summed E-state index contributed by atoms with van der Waals surface area (Å²) in [6.45, 7) is 8.11. The third-order valence-electron chi connectivity index (χ3n) is 6.35. The molecule has 7 nitrogen and oxygen atoms in total. The van der Waals surface area contributed by atoms with Crippen molar-refractivity contribution in [2.75, 3.05) is 24.5 Å². The first-order valence-corrected chi connectivity index (χ1v) is 13.8. The summed E-state index contributed by atoms with van der Waals surface area (Å²) >= 11 is 6.80. The van der Waals surface area contributed by atoms with E-state index in [0.717, 1.165) is 12.8 Å². The smallest absolute Gasteiger partial charge is 0.267 e. The molecule has 2 atom stereocenters. The van der Waals surface area contributed by atoms with E-state index >= 15 is 0 Å². The molecular formula is C26H34N4O3S2. The van der Waals surface area contributed by atoms with E-state index in [0.29, 0.717) is 45.9 Å². The number of anilines is 1. The number of carbonyl (C=O) groups is 1. The van der Waals surface area contributed by atoms with Gasteiger partial charge >= 0.3 is 0 Å². The van der Waals surface area contributed by atoms with Crippen LogP contribution in [0.3, 0.4) is 0 Å². The molecule has 0 N–H and O–H groups in total. The predicted molar refractivity (Wildman–Crippen MR) is 147 cm³/mol. The number of hydrogen-bond acceptors (Lipinski definition) is 7. The highest BCUT2D eigenvalue weighted by Gasteiger charge is 2.33. The van der Waals surface area contributed by atoms with Crippen molar-refractivity contribution >= 4 is 51.7 Å². The Bertz CT molecular complexity index is 1170. The van der Waals surface area contributed by atoms with Crippen LogP contribution in [0.25, 0.3) is 11.7 Å². The fourth-order valence-corrected chi connectivity index (χ4v) is 5.97. The molecule has 4 heterocycles. The van der Waals surface area contributed by atoms with Gasteiger partial charge in [-0.15, -0.1) is 0 Å². The van der Waals surface area contributed by atoms with Crippen molar-refractivity contribution in [3.05, 3.63) is 45.2 Å². The van der Waals surface area contributed by atoms with Gasteiger partial charge in [0.05, 0.1) is 22.7 Å². The summed E-state index contributed by atoms with van der Waals surface area (Å²) in [5.74, 6) is 0.463. The van der Waals surface area contributed by atoms with Crippen LogP contribution >= 0.6 is 24.0 Å². The van der Waals surface area contributed by atoms with Crippen LogP contribution in [0.5, 0.6) is 0 Å². The molecule has 2 saturated heterocycles. The minimum atomic E-state index is -0.196. The third kappa shape index (κ3) is 5.95. The third-order valence-corrected chi connectivity index (χ3v) is 7.73. The number of pyridine rings is 1. The SMILES string of the molecule is CCCCCCCCN1C(=O)/C(=C\c2c(N3CC(C)OC(C)C3)nc3ccccn3c2=O)SC1=S. The molecule has 188 valence electrons. The van der Waals surface area contributed by atoms with E-state index in [1.807, 2.05) is 26.0 Å². The minimum absolute atomic E-state index is 0.0122. The lowest BCUT2D eigenvalue weighted by Gasteiger charge is -2.36. The van der Waals surface area contributed by atoms with E-state index in [1.165, 1.54) is 41.8 Å². The van der Waals surface area contributed by atoms with Gasteiger partial charge in [-0.2, -0.15) is 0 Å². The lowest BCUT2D eigenvalue weighted by atomic mass is 10.1. The summed E-state index contributed by atoms with van der Waals surface area (Å²) in [7, 11) is 0. The van der Waals surface area contributed by atoms with Gasteiger partial charge in [0.2, 0.25) is 0 Å². The first kappa shape index (κ1) is 25.9. The van der Waals surface area contributed by atoms with Crippen molar-refractivity contribution in [2.24, 2.45) is 0 Å². The summed E-state index contributed by atoms with van der Waals surface area (Å²) in [6, 6.07) is 5.49. The molecule has 2 aliphatic heterocycles. The summed E-state index contributed by atoms with van der Waals surface area (Å²) in [6.07, 6.45) is 10.3. The molecule has 2 aliphatic rings. The fraction of sp³-hybridized carbons (Fsp3) is 0.538. The number of thioether (sulfide) groups is 1. The van der Waals surface area contributed by atoms with E-state index in [1.54, 1.807) is 23.2 Å². The summed E-state index contributed by atoms with van der Waals surface area (Å²) in [5, 5.41) is 0. The van der Waals surface area contributed by atoms with Crippen molar-refractivity contribution in [2.45, 2.75) is 71.5 Å². The van der Waals surface area contributed by atoms with Crippen LogP contribution in [0, 0.1) is 0 Å². The van der Waals surface area contributed by atoms with Gasteiger partial charge in [-0.05, 0) is 38.5 Å². The quantitative estimate of drug-likeness (QED) is 0.269. The second kappa shape index (κ2) is 11.7. The van der Waals surface area contributed by atoms with Crippen LogP contribution in [0.4, 0.5) is 5.82 Å². The molecule has 0 aromatic carbocycles. The zero-order valence-corrected chi connectivity index (χ0v) is 22.4. The number of carbonyl (C=O) groups excluding carboxylic acids is 1. The maximum atomic E-state index is 13.6. The monoisotopic (exact) mass is 514 g/mol. The maximum Gasteiger partial charge on any atom is 0.267 e. The van der Waals surface area contributed by atoms with Crippen molar-refractivity contribution < 1.29 is 9.53 Å². The number of rotatable bonds is 9. The number of amides is 1. The Morgan fingerprint density at radius 2 is 1.83 bits per heavy atom. The van der Waals surface area contributed by atoms with E-state index in [-0.39, 0.29) is 23.7 Å². The topological polar surface area (TPSA) is 67.2 Å². The number of hydrogen-bond donors (Lipinski definition) is 0. The summed E-state index contributed by atoms with van der Waals surface area (Å²) in [4.78, 5) is 35.9. The first-order valence-electron chi connectivity index (χ1n) is 12.6. The molecule has 2 unspecified atom stereocenters. The van der Waals surface area contributed by atoms with Gasteiger partial charge in [-0.25, -0.2) is 4.98 Å². The molecule has 9 heteroatoms. The van der Waals surface area contributed by atoms with Crippen LogP contribution in [-0.4, -0.2) is 56.4 Å². The predicted octanol–water partition coefficient (Wildman–Crippen LogP) is 4.87. The highest BCUT2D eigenvalue weighted by Crippen LogP contribution is 2.34. The van der Waals surface area contributed by atoms with Gasteiger partial charge in [-0.3, -0.25) is 18.9 Å². The lowest BCUT2D eigenvalue weighted by Crippen LogP contribution is -2.46. The van der Waals surface area contributed by atoms with Crippen LogP contribution in [-0.2, 0) is 9.53 Å². The average Bonchev–Trinajstić information content (AvgIpc) is 3.09. The Labute approximate surface area is 216 Å². The molecule has 1 amide bonds. The number of ether oxygens (including phenoxy) is 1. The van der Waals surface area contributed by atoms with E-state index in [2.05, 4.69) is 11.8 Å². The number of nitrogens with zero attached hydrogens (tertiary/aromatic N) is 4. The van der Waals surface area contributed by atoms with Crippen molar-refractivity contribution in [3.8, 4) is 0 Å². The van der Waals surface area contributed by atoms with E-state index < -0.39 is 0 Å². The first-order chi connectivity index (χ1) is 16.9. The van der Waals surface area contributed by atoms with Gasteiger partial charge in [0.1, 0.15) is 15.8 Å². The van der Waals surface area contributed by atoms with Crippen molar-refractivity contribution in [3.63, 3.8) is 0 Å². The zero-order valence-electron chi connectivity index (χ0n) is 20.7. The molecule has 2 aromatic heterocycles. The molecule has 4 rings (SSSR count). The number of unbranched alkanes of at least 4 members (excludes halogenated alkanes) is 5. The average molecular weight is 515 g/mol. The van der Waals surface area contributed by atoms with Gasteiger partial charge < -0.3 is 9.64 Å². The van der Waals surface area contributed by atoms with Gasteiger partial charge in [0.15, 0.2) is 0 Å². The van der Waals surface area contributed by atoms with Gasteiger partial charge in [0.25, 0.3) is 11.5 Å². The van der Waals surface area contributed by atoms with Crippen LogP contribution < -0.4 is 10.5 Å². The fourth-order valence-electron chi connectivity index (χ4n) is 4.68. The highest BCUT2D eigenvalue weighted by atomic mass is 32.2. The molecule has 0 bridgehead atoms. The van der Waals surface area contributed by atoms with Crippen LogP contribution in [0.1, 0.15) is 64.9 Å². The molecule has 0 saturated carbocycles. The summed E-state index contributed by atoms with van der Waals surface area (Å²) < 4.78 is 7.97. The Hall–Kier alpha value is -2.23. The van der Waals surface area contributed by atoms with Crippen molar-refractivity contribution in [1.82, 2.24) is 14.3 Å². The Morgan fingerprint density at radius 3 is 2.57 bits per heavy atom. The minimum Gasteiger partial charge on any atom is -0.372 e. The second-order valence-electron chi connectivity index (χ2n) is 9.35. The standard InChI is InChI=1S/C26H34N4O3S2/c1-4-5-6-7-8-10-14-30-25(32)21(35-26(30)34)15-20-23(28-16-18(2)33-19(3)17-28)27-22-12-9-11-13-29(22)24(20)31/h9,11-13,15,18-19H,4-8,10,14,16-17H2,1-3H3/b21-15+.